The van der Waals surface area contributed by atoms with Crippen molar-refractivity contribution in [2.24, 2.45) is 23.7 Å². The van der Waals surface area contributed by atoms with Crippen molar-refractivity contribution in [1.82, 2.24) is 5.06 Å². The summed E-state index contributed by atoms with van der Waals surface area (Å²) in [6.45, 7) is 3.51. The number of alkyl halides is 3. The van der Waals surface area contributed by atoms with Gasteiger partial charge in [-0.1, -0.05) is 20.3 Å². The number of nitrogens with zero attached hydrogens (tertiary/aromatic N) is 1. The lowest BCUT2D eigenvalue weighted by Gasteiger charge is -2.18. The molecule has 2 rings (SSSR count). The number of hydrogen-bond donors (Lipinski definition) is 0. The highest BCUT2D eigenvalue weighted by Gasteiger charge is 2.60. The van der Waals surface area contributed by atoms with Gasteiger partial charge in [0.2, 0.25) is 0 Å². The molecule has 2 amide bonds. The lowest BCUT2D eigenvalue weighted by Crippen LogP contribution is -2.39. The number of carbonyl (C=O) groups is 2. The van der Waals surface area contributed by atoms with E-state index in [0.29, 0.717) is 12.8 Å². The maximum atomic E-state index is 12.3. The smallest absolute Gasteiger partial charge is 0.272 e. The number of carbonyl (C=O) groups excluding carboxylic acids is 2. The summed E-state index contributed by atoms with van der Waals surface area (Å²) in [6, 6.07) is 0. The molecule has 2 fully saturated rings. The van der Waals surface area contributed by atoms with Crippen molar-refractivity contribution >= 4 is 21.9 Å². The Morgan fingerprint density at radius 1 is 1.24 bits per heavy atom. The Bertz CT molecular complexity index is 573. The Morgan fingerprint density at radius 2 is 1.76 bits per heavy atom. The van der Waals surface area contributed by atoms with Crippen LogP contribution in [0.1, 0.15) is 26.7 Å². The summed E-state index contributed by atoms with van der Waals surface area (Å²) in [4.78, 5) is 24.1. The number of fused-ring (bicyclic) bond motifs is 1. The van der Waals surface area contributed by atoms with Crippen molar-refractivity contribution in [3.63, 3.8) is 0 Å². The fraction of sp³-hybridized carbons (Fsp3) is 0.818. The first-order valence-corrected chi connectivity index (χ1v) is 7.80. The van der Waals surface area contributed by atoms with Gasteiger partial charge in [0.25, 0.3) is 11.8 Å². The quantitative estimate of drug-likeness (QED) is 0.578. The van der Waals surface area contributed by atoms with Crippen molar-refractivity contribution in [2.75, 3.05) is 0 Å². The molecule has 1 aliphatic carbocycles. The van der Waals surface area contributed by atoms with Crippen LogP contribution in [0.5, 0.6) is 0 Å². The molecule has 0 bridgehead atoms. The van der Waals surface area contributed by atoms with E-state index in [-0.39, 0.29) is 16.9 Å². The van der Waals surface area contributed by atoms with Crippen LogP contribution in [0, 0.1) is 23.7 Å². The van der Waals surface area contributed by atoms with Gasteiger partial charge in [0.05, 0.1) is 11.8 Å². The van der Waals surface area contributed by atoms with E-state index in [4.69, 9.17) is 0 Å². The van der Waals surface area contributed by atoms with E-state index in [0.717, 1.165) is 0 Å². The largest absolute Gasteiger partial charge is 0.525 e. The third-order valence-corrected chi connectivity index (χ3v) is 5.05. The monoisotopic (exact) mass is 329 g/mol. The Balaban J connectivity index is 2.29. The molecule has 0 aromatic heterocycles. The predicted octanol–water partition coefficient (Wildman–Crippen LogP) is 1.43. The molecular formula is C11H14F3NO5S. The summed E-state index contributed by atoms with van der Waals surface area (Å²) in [5.74, 6) is -4.01. The molecule has 120 valence electrons. The third-order valence-electron chi connectivity index (χ3n) is 4.13. The SMILES string of the molecule is CCC1CC(C)C2C(=O)N(OS(=O)(=O)C(F)(F)F)C(=O)C12. The van der Waals surface area contributed by atoms with Gasteiger partial charge in [-0.25, -0.2) is 0 Å². The molecule has 1 saturated carbocycles. The highest BCUT2D eigenvalue weighted by molar-refractivity contribution is 7.87. The third kappa shape index (κ3) is 2.44. The second-order valence-electron chi connectivity index (χ2n) is 5.38. The highest BCUT2D eigenvalue weighted by atomic mass is 32.2. The minimum atomic E-state index is -6.04. The number of hydrogen-bond acceptors (Lipinski definition) is 5. The zero-order valence-electron chi connectivity index (χ0n) is 11.3. The average Bonchev–Trinajstić information content (AvgIpc) is 2.80. The molecule has 0 radical (unpaired) electrons. The fourth-order valence-electron chi connectivity index (χ4n) is 3.18. The van der Waals surface area contributed by atoms with Crippen molar-refractivity contribution in [2.45, 2.75) is 32.2 Å². The number of amides is 2. The van der Waals surface area contributed by atoms with Gasteiger partial charge < -0.3 is 0 Å². The first-order chi connectivity index (χ1) is 9.51. The van der Waals surface area contributed by atoms with Crippen LogP contribution >= 0.6 is 0 Å². The molecule has 6 nitrogen and oxygen atoms in total. The molecule has 21 heavy (non-hydrogen) atoms. The first kappa shape index (κ1) is 16.2. The van der Waals surface area contributed by atoms with Crippen LogP contribution in [0.4, 0.5) is 13.2 Å². The van der Waals surface area contributed by atoms with Crippen LogP contribution in [-0.2, 0) is 24.0 Å². The van der Waals surface area contributed by atoms with E-state index >= 15 is 0 Å². The van der Waals surface area contributed by atoms with Crippen LogP contribution in [0.2, 0.25) is 0 Å². The molecule has 4 unspecified atom stereocenters. The van der Waals surface area contributed by atoms with Crippen molar-refractivity contribution in [1.29, 1.82) is 0 Å². The summed E-state index contributed by atoms with van der Waals surface area (Å²) in [6.07, 6.45) is 1.17. The maximum Gasteiger partial charge on any atom is 0.525 e. The molecule has 0 aromatic rings. The van der Waals surface area contributed by atoms with Gasteiger partial charge >= 0.3 is 15.6 Å². The van der Waals surface area contributed by atoms with Gasteiger partial charge in [0.15, 0.2) is 0 Å². The van der Waals surface area contributed by atoms with Gasteiger partial charge in [-0.05, 0) is 18.3 Å². The highest BCUT2D eigenvalue weighted by Crippen LogP contribution is 2.49. The van der Waals surface area contributed by atoms with Crippen LogP contribution in [0.25, 0.3) is 0 Å². The summed E-state index contributed by atoms with van der Waals surface area (Å²) < 4.78 is 62.5. The van der Waals surface area contributed by atoms with Gasteiger partial charge in [-0.15, -0.1) is 9.35 Å². The summed E-state index contributed by atoms with van der Waals surface area (Å²) in [5, 5.41) is -0.226. The van der Waals surface area contributed by atoms with Gasteiger partial charge in [-0.2, -0.15) is 21.6 Å². The van der Waals surface area contributed by atoms with Gasteiger partial charge in [0, 0.05) is 0 Å². The van der Waals surface area contributed by atoms with E-state index in [1.807, 2.05) is 0 Å². The summed E-state index contributed by atoms with van der Waals surface area (Å²) >= 11 is 0. The Morgan fingerprint density at radius 3 is 2.24 bits per heavy atom. The Hall–Kier alpha value is -1.16. The standard InChI is InChI=1S/C11H14F3NO5S/c1-3-6-4-5(2)7-8(6)10(17)15(9(7)16)20-21(18,19)11(12,13)14/h5-8H,3-4H2,1-2H3. The molecule has 4 atom stereocenters. The van der Waals surface area contributed by atoms with Gasteiger partial charge in [0.1, 0.15) is 0 Å². The summed E-state index contributed by atoms with van der Waals surface area (Å²) in [5.41, 5.74) is -5.69. The second-order valence-corrected chi connectivity index (χ2v) is 6.90. The lowest BCUT2D eigenvalue weighted by atomic mass is 9.89. The normalized spacial score (nSPS) is 33.7. The van der Waals surface area contributed by atoms with E-state index in [1.54, 1.807) is 13.8 Å². The molecule has 0 spiro atoms. The molecule has 1 aliphatic heterocycles. The lowest BCUT2D eigenvalue weighted by molar-refractivity contribution is -0.170. The predicted molar refractivity (Wildman–Crippen MR) is 62.5 cm³/mol. The number of rotatable bonds is 3. The van der Waals surface area contributed by atoms with Crippen LogP contribution < -0.4 is 0 Å². The van der Waals surface area contributed by atoms with Gasteiger partial charge in [-0.3, -0.25) is 9.59 Å². The van der Waals surface area contributed by atoms with Crippen LogP contribution in [0.15, 0.2) is 0 Å². The van der Waals surface area contributed by atoms with Crippen molar-refractivity contribution in [3.05, 3.63) is 0 Å². The molecular weight excluding hydrogens is 315 g/mol. The van der Waals surface area contributed by atoms with Crippen LogP contribution in [0.3, 0.4) is 0 Å². The Kier molecular flexibility index (Phi) is 3.81. The summed E-state index contributed by atoms with van der Waals surface area (Å²) in [7, 11) is -6.04. The van der Waals surface area contributed by atoms with E-state index in [1.165, 1.54) is 0 Å². The van der Waals surface area contributed by atoms with E-state index < -0.39 is 39.3 Å². The van der Waals surface area contributed by atoms with Crippen LogP contribution in [-0.4, -0.2) is 30.8 Å². The zero-order valence-corrected chi connectivity index (χ0v) is 12.1. The molecule has 0 aromatic carbocycles. The average molecular weight is 329 g/mol. The molecule has 2 aliphatic rings. The van der Waals surface area contributed by atoms with Crippen molar-refractivity contribution < 1.29 is 35.5 Å². The zero-order chi connectivity index (χ0) is 16.2. The fourth-order valence-corrected chi connectivity index (χ4v) is 3.61. The number of hydroxylamine groups is 2. The Labute approximate surface area is 119 Å². The molecule has 1 saturated heterocycles. The van der Waals surface area contributed by atoms with Crippen molar-refractivity contribution in [3.8, 4) is 0 Å². The number of halogens is 3. The maximum absolute atomic E-state index is 12.3. The van der Waals surface area contributed by atoms with E-state index in [2.05, 4.69) is 4.28 Å². The molecule has 0 N–H and O–H groups in total. The number of imide groups is 1. The minimum absolute atomic E-state index is 0.163. The second kappa shape index (κ2) is 4.94. The van der Waals surface area contributed by atoms with E-state index in [9.17, 15) is 31.2 Å². The topological polar surface area (TPSA) is 80.8 Å². The first-order valence-electron chi connectivity index (χ1n) is 6.40. The molecule has 10 heteroatoms. The molecule has 1 heterocycles. The minimum Gasteiger partial charge on any atom is -0.272 e.